The lowest BCUT2D eigenvalue weighted by Crippen LogP contribution is -2.54. The quantitative estimate of drug-likeness (QED) is 0.0766. The van der Waals surface area contributed by atoms with Crippen LogP contribution in [0.25, 0.3) is 32.9 Å². The summed E-state index contributed by atoms with van der Waals surface area (Å²) in [6.45, 7) is 9.66. The highest BCUT2D eigenvalue weighted by Crippen LogP contribution is 2.45. The number of phenols is 1. The number of ether oxygens (including phenoxy) is 2. The Hall–Kier alpha value is -7.80. The number of anilines is 2. The van der Waals surface area contributed by atoms with Crippen LogP contribution in [0.5, 0.6) is 11.8 Å². The molecule has 6 saturated heterocycles. The number of piperidine rings is 1. The van der Waals surface area contributed by atoms with Crippen molar-refractivity contribution < 1.29 is 47.3 Å². The van der Waals surface area contributed by atoms with Gasteiger partial charge in [0.25, 0.3) is 11.8 Å². The fourth-order valence-corrected chi connectivity index (χ4v) is 12.6. The van der Waals surface area contributed by atoms with Crippen LogP contribution in [0.4, 0.5) is 25.1 Å². The molecule has 5 atom stereocenters. The first-order chi connectivity index (χ1) is 36.7. The van der Waals surface area contributed by atoms with E-state index in [2.05, 4.69) is 48.1 Å². The molecule has 12 rings (SSSR count). The Bertz CT molecular complexity index is 3330. The van der Waals surface area contributed by atoms with Gasteiger partial charge in [-0.1, -0.05) is 30.2 Å². The van der Waals surface area contributed by atoms with E-state index in [1.807, 2.05) is 0 Å². The second-order valence-corrected chi connectivity index (χ2v) is 21.0. The van der Waals surface area contributed by atoms with E-state index in [0.29, 0.717) is 87.6 Å². The first-order valence-corrected chi connectivity index (χ1v) is 25.8. The number of aromatic hydroxyl groups is 1. The molecule has 392 valence electrons. The number of hydrogen-bond acceptors (Lipinski definition) is 16. The molecule has 4 N–H and O–H groups in total. The van der Waals surface area contributed by atoms with Gasteiger partial charge in [-0.3, -0.25) is 44.2 Å². The van der Waals surface area contributed by atoms with Crippen LogP contribution in [0.3, 0.4) is 0 Å². The predicted molar refractivity (Wildman–Crippen MR) is 275 cm³/mol. The normalized spacial score (nSPS) is 24.6. The number of carbonyl (C=O) groups is 5. The lowest BCUT2D eigenvalue weighted by Gasteiger charge is -2.36. The van der Waals surface area contributed by atoms with E-state index in [-0.39, 0.29) is 94.8 Å². The van der Waals surface area contributed by atoms with Crippen molar-refractivity contribution in [1.29, 1.82) is 0 Å². The summed E-state index contributed by atoms with van der Waals surface area (Å²) in [5.74, 6) is -0.999. The summed E-state index contributed by atoms with van der Waals surface area (Å²) in [7, 11) is 0. The third-order valence-electron chi connectivity index (χ3n) is 16.3. The number of amides is 5. The van der Waals surface area contributed by atoms with E-state index in [1.165, 1.54) is 30.5 Å². The molecule has 5 amide bonds. The largest absolute Gasteiger partial charge is 0.508 e. The number of imide groups is 2. The molecule has 3 unspecified atom stereocenters. The molecule has 0 saturated carbocycles. The molecular weight excluding hydrogens is 981 g/mol. The predicted octanol–water partition coefficient (Wildman–Crippen LogP) is 4.56. The maximum atomic E-state index is 17.3. The van der Waals surface area contributed by atoms with Gasteiger partial charge in [0.1, 0.15) is 47.9 Å². The first-order valence-electron chi connectivity index (χ1n) is 25.8. The van der Waals surface area contributed by atoms with Gasteiger partial charge < -0.3 is 35.0 Å². The van der Waals surface area contributed by atoms with Gasteiger partial charge in [-0.05, 0) is 74.2 Å². The molecule has 6 fully saturated rings. The number of rotatable bonds is 12. The number of carbonyl (C=O) groups excluding carboxylic acids is 5. The van der Waals surface area contributed by atoms with Crippen molar-refractivity contribution in [2.75, 3.05) is 82.3 Å². The average Bonchev–Trinajstić information content (AvgIpc) is 4.24. The zero-order valence-corrected chi connectivity index (χ0v) is 41.6. The van der Waals surface area contributed by atoms with Crippen LogP contribution in [-0.4, -0.2) is 171 Å². The zero-order valence-electron chi connectivity index (χ0n) is 41.6. The summed E-state index contributed by atoms with van der Waals surface area (Å²) in [5.41, 5.74) is 1.22. The van der Waals surface area contributed by atoms with Crippen LogP contribution in [0, 0.1) is 24.0 Å². The molecular formula is C55H55F2N11O8. The van der Waals surface area contributed by atoms with Gasteiger partial charge >= 0.3 is 12.1 Å². The van der Waals surface area contributed by atoms with Crippen molar-refractivity contribution in [3.63, 3.8) is 0 Å². The molecule has 76 heavy (non-hydrogen) atoms. The van der Waals surface area contributed by atoms with E-state index in [9.17, 15) is 29.1 Å². The highest BCUT2D eigenvalue weighted by molar-refractivity contribution is 6.25. The zero-order chi connectivity index (χ0) is 52.6. The fraction of sp³-hybridized carbons (Fsp3) is 0.418. The van der Waals surface area contributed by atoms with Gasteiger partial charge in [0.05, 0.1) is 27.6 Å². The number of hydrogen-bond donors (Lipinski definition) is 4. The van der Waals surface area contributed by atoms with E-state index < -0.39 is 52.9 Å². The summed E-state index contributed by atoms with van der Waals surface area (Å²) in [6, 6.07) is 9.68. The lowest BCUT2D eigenvalue weighted by atomic mass is 9.94. The smallest absolute Gasteiger partial charge is 0.409 e. The van der Waals surface area contributed by atoms with Crippen LogP contribution in [0.15, 0.2) is 60.8 Å². The standard InChI is InChI=1S/C55H55F2N11O8/c1-3-36-40(56)10-7-31-21-35(69)22-38(44(31)36)47-46(57)48-39(24-59-47)49(66-26-32-8-9-33(27-66)60-32)63-53(62-48)76-29-55-14-13-34(67(55)25-30(2)23-55)28-75-54(74)65-19-17-64(18-20-65)16-15-58-41-6-4-5-37-45(41)52(73)68(51(37)72)42-11-12-43(70)61-50(42)71/h1,4-7,10,21-22,24,32-34,42,58,60,69H,2,8-9,11-20,23,25-29H2,(H,61,70,71)/t32?,33?,34-,42?,55-/m0/s1. The SMILES string of the molecule is C#Cc1c(F)ccc2cc(O)cc(-c3ncc4c(N5CC6CCC(C5)N6)nc(OC[C@@]56CC[C@@H](COC(=O)N7CCN(CCNc8cccc9c8C(=O)N(C8CCC(=O)NC8=O)C9=O)CC7)N5CC(=C)C6)nc4c3F)c12. The molecule has 5 aromatic rings. The highest BCUT2D eigenvalue weighted by Gasteiger charge is 2.52. The van der Waals surface area contributed by atoms with E-state index in [1.54, 1.807) is 23.1 Å². The van der Waals surface area contributed by atoms with Gasteiger partial charge in [0.15, 0.2) is 5.82 Å². The summed E-state index contributed by atoms with van der Waals surface area (Å²) >= 11 is 0. The number of nitrogens with one attached hydrogen (secondary N) is 3. The van der Waals surface area contributed by atoms with Crippen LogP contribution in [-0.2, 0) is 14.3 Å². The Morgan fingerprint density at radius 1 is 0.987 bits per heavy atom. The Morgan fingerprint density at radius 3 is 2.57 bits per heavy atom. The highest BCUT2D eigenvalue weighted by atomic mass is 19.1. The van der Waals surface area contributed by atoms with Crippen molar-refractivity contribution in [3.05, 3.63) is 89.1 Å². The van der Waals surface area contributed by atoms with Crippen molar-refractivity contribution in [1.82, 2.24) is 45.2 Å². The van der Waals surface area contributed by atoms with E-state index >= 15 is 8.78 Å². The minimum Gasteiger partial charge on any atom is -0.508 e. The molecule has 19 nitrogen and oxygen atoms in total. The number of fused-ring (bicyclic) bond motifs is 6. The number of benzene rings is 3. The Labute approximate surface area is 435 Å². The molecule has 0 radical (unpaired) electrons. The van der Waals surface area contributed by atoms with Crippen molar-refractivity contribution >= 4 is 62.9 Å². The number of piperazine rings is 2. The Kier molecular flexibility index (Phi) is 12.5. The maximum Gasteiger partial charge on any atom is 0.409 e. The van der Waals surface area contributed by atoms with Crippen LogP contribution < -0.4 is 25.6 Å². The van der Waals surface area contributed by atoms with Crippen molar-refractivity contribution in [2.45, 2.75) is 74.7 Å². The maximum absolute atomic E-state index is 17.3. The van der Waals surface area contributed by atoms with Gasteiger partial charge in [-0.15, -0.1) is 6.42 Å². The summed E-state index contributed by atoms with van der Waals surface area (Å²) in [4.78, 5) is 88.1. The molecule has 7 aliphatic rings. The third kappa shape index (κ3) is 8.67. The molecule has 2 aromatic heterocycles. The second-order valence-electron chi connectivity index (χ2n) is 21.0. The molecule has 7 aliphatic heterocycles. The third-order valence-corrected chi connectivity index (χ3v) is 16.3. The second kappa shape index (κ2) is 19.4. The summed E-state index contributed by atoms with van der Waals surface area (Å²) < 4.78 is 44.9. The Balaban J connectivity index is 0.693. The molecule has 3 aromatic carbocycles. The molecule has 2 bridgehead atoms. The average molecular weight is 1040 g/mol. The van der Waals surface area contributed by atoms with Crippen molar-refractivity contribution in [2.24, 2.45) is 0 Å². The van der Waals surface area contributed by atoms with E-state index in [4.69, 9.17) is 25.9 Å². The molecule has 0 spiro atoms. The number of phenolic OH excluding ortho intramolecular Hbond substituents is 1. The number of nitrogens with zero attached hydrogens (tertiary/aromatic N) is 8. The fourth-order valence-electron chi connectivity index (χ4n) is 12.6. The number of terminal acetylenes is 1. The van der Waals surface area contributed by atoms with Crippen LogP contribution >= 0.6 is 0 Å². The van der Waals surface area contributed by atoms with Gasteiger partial charge in [0.2, 0.25) is 11.8 Å². The van der Waals surface area contributed by atoms with Crippen molar-refractivity contribution in [3.8, 4) is 35.4 Å². The van der Waals surface area contributed by atoms with Gasteiger partial charge in [-0.2, -0.15) is 9.97 Å². The van der Waals surface area contributed by atoms with Crippen LogP contribution in [0.2, 0.25) is 0 Å². The molecule has 9 heterocycles. The lowest BCUT2D eigenvalue weighted by molar-refractivity contribution is -0.136. The summed E-state index contributed by atoms with van der Waals surface area (Å²) in [5, 5.41) is 20.9. The van der Waals surface area contributed by atoms with Crippen LogP contribution in [0.1, 0.15) is 71.2 Å². The summed E-state index contributed by atoms with van der Waals surface area (Å²) in [6.07, 6.45) is 11.1. The number of pyridine rings is 1. The number of halogens is 2. The first kappa shape index (κ1) is 49.1. The molecule has 0 aliphatic carbocycles. The Morgan fingerprint density at radius 2 is 1.79 bits per heavy atom. The minimum absolute atomic E-state index is 0.0225. The number of aromatic nitrogens is 3. The van der Waals surface area contributed by atoms with Gasteiger partial charge in [0, 0.05) is 106 Å². The topological polar surface area (TPSA) is 215 Å². The molecule has 21 heteroatoms. The minimum atomic E-state index is -1.05. The van der Waals surface area contributed by atoms with Gasteiger partial charge in [-0.25, -0.2) is 13.6 Å². The monoisotopic (exact) mass is 1040 g/mol. The van der Waals surface area contributed by atoms with E-state index in [0.717, 1.165) is 36.2 Å².